The topological polar surface area (TPSA) is 40.2 Å². The van der Waals surface area contributed by atoms with Gasteiger partial charge in [0.05, 0.1) is 19.4 Å². The van der Waals surface area contributed by atoms with Crippen LogP contribution in [0.5, 0.6) is 0 Å². The molecular formula is C14H18N2O. The Bertz CT molecular complexity index is 468. The van der Waals surface area contributed by atoms with Gasteiger partial charge in [-0.3, -0.25) is 0 Å². The Morgan fingerprint density at radius 2 is 2.00 bits per heavy atom. The molecule has 1 heterocycles. The number of hydrogen-bond donors (Lipinski definition) is 1. The van der Waals surface area contributed by atoms with Crippen molar-refractivity contribution in [2.24, 2.45) is 0 Å². The van der Waals surface area contributed by atoms with Crippen LogP contribution in [-0.4, -0.2) is 12.3 Å². The quantitative estimate of drug-likeness (QED) is 0.798. The largest absolute Gasteiger partial charge is 0.467 e. The molecule has 0 aliphatic rings. The average Bonchev–Trinajstić information content (AvgIpc) is 2.82. The van der Waals surface area contributed by atoms with Gasteiger partial charge in [-0.2, -0.15) is 0 Å². The van der Waals surface area contributed by atoms with Crippen molar-refractivity contribution in [3.63, 3.8) is 0 Å². The first-order chi connectivity index (χ1) is 8.25. The predicted octanol–water partition coefficient (Wildman–Crippen LogP) is 3.57. The summed E-state index contributed by atoms with van der Waals surface area (Å²) in [5.41, 5.74) is 1.75. The van der Waals surface area contributed by atoms with Gasteiger partial charge in [0.2, 0.25) is 0 Å². The van der Waals surface area contributed by atoms with Gasteiger partial charge in [0.25, 0.3) is 0 Å². The standard InChI is InChI=1S/C14H16N2O.H2/c1-12(15)10-16(11-14-8-5-9-17-14)13-6-3-2-4-7-13;/h2-9,15H,10-11H2,1H3;1H. The second-order valence-corrected chi connectivity index (χ2v) is 4.05. The van der Waals surface area contributed by atoms with Crippen LogP contribution in [0.1, 0.15) is 14.1 Å². The van der Waals surface area contributed by atoms with Crippen molar-refractivity contribution in [3.05, 3.63) is 54.5 Å². The molecule has 2 aromatic rings. The first kappa shape index (κ1) is 11.5. The van der Waals surface area contributed by atoms with E-state index in [0.29, 0.717) is 18.8 Å². The molecule has 2 rings (SSSR count). The van der Waals surface area contributed by atoms with Gasteiger partial charge in [0.15, 0.2) is 0 Å². The van der Waals surface area contributed by atoms with Crippen LogP contribution in [0.25, 0.3) is 0 Å². The molecule has 0 saturated heterocycles. The van der Waals surface area contributed by atoms with Gasteiger partial charge in [-0.05, 0) is 31.2 Å². The summed E-state index contributed by atoms with van der Waals surface area (Å²) in [6, 6.07) is 13.9. The molecule has 0 amide bonds. The molecule has 0 bridgehead atoms. The summed E-state index contributed by atoms with van der Waals surface area (Å²) in [4.78, 5) is 2.13. The highest BCUT2D eigenvalue weighted by Crippen LogP contribution is 2.16. The lowest BCUT2D eigenvalue weighted by atomic mass is 10.2. The maximum Gasteiger partial charge on any atom is 0.123 e. The van der Waals surface area contributed by atoms with E-state index in [1.807, 2.05) is 49.4 Å². The monoisotopic (exact) mass is 230 g/mol. The highest BCUT2D eigenvalue weighted by molar-refractivity contribution is 5.83. The van der Waals surface area contributed by atoms with E-state index in [-0.39, 0.29) is 1.43 Å². The smallest absolute Gasteiger partial charge is 0.123 e. The van der Waals surface area contributed by atoms with Gasteiger partial charge >= 0.3 is 0 Å². The molecule has 0 saturated carbocycles. The lowest BCUT2D eigenvalue weighted by Crippen LogP contribution is -2.27. The maximum atomic E-state index is 7.63. The molecule has 3 nitrogen and oxygen atoms in total. The lowest BCUT2D eigenvalue weighted by molar-refractivity contribution is 0.506. The number of furan rings is 1. The molecule has 1 N–H and O–H groups in total. The highest BCUT2D eigenvalue weighted by Gasteiger charge is 2.09. The highest BCUT2D eigenvalue weighted by atomic mass is 16.3. The van der Waals surface area contributed by atoms with Crippen LogP contribution in [0.4, 0.5) is 5.69 Å². The summed E-state index contributed by atoms with van der Waals surface area (Å²) >= 11 is 0. The van der Waals surface area contributed by atoms with Crippen LogP contribution < -0.4 is 4.90 Å². The van der Waals surface area contributed by atoms with E-state index in [0.717, 1.165) is 11.4 Å². The third-order valence-electron chi connectivity index (χ3n) is 2.48. The van der Waals surface area contributed by atoms with Crippen molar-refractivity contribution in [3.8, 4) is 0 Å². The summed E-state index contributed by atoms with van der Waals surface area (Å²) in [6.45, 7) is 3.12. The summed E-state index contributed by atoms with van der Waals surface area (Å²) < 4.78 is 5.35. The third kappa shape index (κ3) is 3.21. The maximum absolute atomic E-state index is 7.63. The normalized spacial score (nSPS) is 10.2. The SMILES string of the molecule is CC(=N)CN(Cc1ccco1)c1ccccc1.[HH]. The van der Waals surface area contributed by atoms with Crippen molar-refractivity contribution in [2.45, 2.75) is 13.5 Å². The summed E-state index contributed by atoms with van der Waals surface area (Å²) in [5.74, 6) is 0.912. The van der Waals surface area contributed by atoms with Crippen molar-refractivity contribution >= 4 is 11.4 Å². The van der Waals surface area contributed by atoms with E-state index in [1.54, 1.807) is 6.26 Å². The van der Waals surface area contributed by atoms with E-state index in [2.05, 4.69) is 4.90 Å². The van der Waals surface area contributed by atoms with Crippen molar-refractivity contribution < 1.29 is 5.84 Å². The Kier molecular flexibility index (Phi) is 3.60. The van der Waals surface area contributed by atoms with Crippen LogP contribution in [0.2, 0.25) is 0 Å². The number of para-hydroxylation sites is 1. The molecule has 0 atom stereocenters. The zero-order valence-electron chi connectivity index (χ0n) is 9.89. The average molecular weight is 230 g/mol. The number of rotatable bonds is 5. The second kappa shape index (κ2) is 5.34. The fraction of sp³-hybridized carbons (Fsp3) is 0.214. The minimum Gasteiger partial charge on any atom is -0.467 e. The first-order valence-electron chi connectivity index (χ1n) is 5.62. The van der Waals surface area contributed by atoms with Crippen LogP contribution >= 0.6 is 0 Å². The fourth-order valence-electron chi connectivity index (χ4n) is 1.75. The Hall–Kier alpha value is -2.03. The number of hydrogen-bond acceptors (Lipinski definition) is 3. The molecule has 0 aliphatic carbocycles. The summed E-state index contributed by atoms with van der Waals surface area (Å²) in [6.07, 6.45) is 1.68. The Balaban J connectivity index is 0.00000162. The third-order valence-corrected chi connectivity index (χ3v) is 2.48. The first-order valence-corrected chi connectivity index (χ1v) is 5.62. The fourth-order valence-corrected chi connectivity index (χ4v) is 1.75. The minimum absolute atomic E-state index is 0. The summed E-state index contributed by atoms with van der Waals surface area (Å²) in [7, 11) is 0. The van der Waals surface area contributed by atoms with Crippen molar-refractivity contribution in [1.82, 2.24) is 0 Å². The van der Waals surface area contributed by atoms with Crippen LogP contribution in [0, 0.1) is 5.41 Å². The van der Waals surface area contributed by atoms with Crippen LogP contribution in [0.3, 0.4) is 0 Å². The van der Waals surface area contributed by atoms with E-state index >= 15 is 0 Å². The molecule has 0 unspecified atom stereocenters. The van der Waals surface area contributed by atoms with Gasteiger partial charge in [-0.1, -0.05) is 18.2 Å². The van der Waals surface area contributed by atoms with Gasteiger partial charge in [-0.25, -0.2) is 0 Å². The van der Waals surface area contributed by atoms with Crippen LogP contribution in [0.15, 0.2) is 53.1 Å². The molecule has 3 heteroatoms. The summed E-state index contributed by atoms with van der Waals surface area (Å²) in [5, 5.41) is 7.63. The number of nitrogens with zero attached hydrogens (tertiary/aromatic N) is 1. The number of benzene rings is 1. The molecule has 0 fully saturated rings. The van der Waals surface area contributed by atoms with Crippen molar-refractivity contribution in [2.75, 3.05) is 11.4 Å². The van der Waals surface area contributed by atoms with E-state index in [4.69, 9.17) is 9.83 Å². The Morgan fingerprint density at radius 3 is 2.59 bits per heavy atom. The molecular weight excluding hydrogens is 212 g/mol. The zero-order chi connectivity index (χ0) is 12.1. The lowest BCUT2D eigenvalue weighted by Gasteiger charge is -2.23. The van der Waals surface area contributed by atoms with E-state index in [9.17, 15) is 0 Å². The molecule has 0 radical (unpaired) electrons. The Morgan fingerprint density at radius 1 is 1.24 bits per heavy atom. The second-order valence-electron chi connectivity index (χ2n) is 4.05. The minimum atomic E-state index is 0. The van der Waals surface area contributed by atoms with Gasteiger partial charge < -0.3 is 14.7 Å². The van der Waals surface area contributed by atoms with Gasteiger partial charge in [-0.15, -0.1) is 0 Å². The molecule has 17 heavy (non-hydrogen) atoms. The molecule has 1 aromatic carbocycles. The van der Waals surface area contributed by atoms with Crippen molar-refractivity contribution in [1.29, 1.82) is 5.41 Å². The number of nitrogens with one attached hydrogen (secondary N) is 1. The molecule has 1 aromatic heterocycles. The molecule has 90 valence electrons. The molecule has 0 spiro atoms. The van der Waals surface area contributed by atoms with Crippen LogP contribution in [-0.2, 0) is 6.54 Å². The Labute approximate surface area is 103 Å². The van der Waals surface area contributed by atoms with Gasteiger partial charge in [0.1, 0.15) is 5.76 Å². The van der Waals surface area contributed by atoms with E-state index < -0.39 is 0 Å². The van der Waals surface area contributed by atoms with Gasteiger partial charge in [0, 0.05) is 12.8 Å². The predicted molar refractivity (Wildman–Crippen MR) is 71.7 cm³/mol. The van der Waals surface area contributed by atoms with E-state index in [1.165, 1.54) is 0 Å². The molecule has 0 aliphatic heterocycles. The number of anilines is 1. The zero-order valence-corrected chi connectivity index (χ0v) is 9.89.